The highest BCUT2D eigenvalue weighted by Gasteiger charge is 1.91. The van der Waals surface area contributed by atoms with Crippen LogP contribution in [-0.4, -0.2) is 4.98 Å². The molecule has 1 aromatic heterocycles. The Bertz CT molecular complexity index is 142. The molecule has 0 spiro atoms. The number of H-pyrrole nitrogens is 1. The second-order valence-corrected chi connectivity index (χ2v) is 1.17. The van der Waals surface area contributed by atoms with Crippen molar-refractivity contribution in [3.05, 3.63) is 24.0 Å². The maximum atomic E-state index is 11.7. The summed E-state index contributed by atoms with van der Waals surface area (Å²) in [5.41, 5.74) is 0. The van der Waals surface area contributed by atoms with E-state index in [9.17, 15) is 8.78 Å². The van der Waals surface area contributed by atoms with E-state index in [1.807, 2.05) is 4.98 Å². The average molecular weight is 103 g/mol. The Morgan fingerprint density at radius 2 is 2.14 bits per heavy atom. The smallest absolute Gasteiger partial charge is 0.194 e. The summed E-state index contributed by atoms with van der Waals surface area (Å²) < 4.78 is 23.3. The number of halogens is 2. The predicted molar refractivity (Wildman–Crippen MR) is 20.7 cm³/mol. The van der Waals surface area contributed by atoms with Gasteiger partial charge in [0.05, 0.1) is 0 Å². The minimum absolute atomic E-state index is 0.572. The van der Waals surface area contributed by atoms with E-state index in [0.717, 1.165) is 12.3 Å². The number of rotatable bonds is 0. The van der Waals surface area contributed by atoms with Crippen LogP contribution in [0.25, 0.3) is 0 Å². The molecule has 0 saturated heterocycles. The summed E-state index contributed by atoms with van der Waals surface area (Å²) >= 11 is 0. The molecule has 0 atom stereocenters. The highest BCUT2D eigenvalue weighted by atomic mass is 19.1. The second-order valence-electron chi connectivity index (χ2n) is 1.17. The minimum atomic E-state index is -0.641. The maximum absolute atomic E-state index is 11.7. The van der Waals surface area contributed by atoms with Gasteiger partial charge in [-0.15, -0.1) is 0 Å². The average Bonchev–Trinajstić information content (AvgIpc) is 1.87. The van der Waals surface area contributed by atoms with E-state index < -0.39 is 11.8 Å². The van der Waals surface area contributed by atoms with Crippen LogP contribution >= 0.6 is 0 Å². The van der Waals surface area contributed by atoms with Crippen molar-refractivity contribution in [2.75, 3.05) is 0 Å². The lowest BCUT2D eigenvalue weighted by molar-refractivity contribution is 0.585. The molecule has 1 aromatic rings. The number of aromatic amines is 1. The fourth-order valence-corrected chi connectivity index (χ4v) is 0.342. The van der Waals surface area contributed by atoms with Crippen molar-refractivity contribution in [1.29, 1.82) is 0 Å². The van der Waals surface area contributed by atoms with Gasteiger partial charge in [-0.25, -0.2) is 4.39 Å². The van der Waals surface area contributed by atoms with Gasteiger partial charge >= 0.3 is 0 Å². The van der Waals surface area contributed by atoms with Crippen molar-refractivity contribution in [2.45, 2.75) is 0 Å². The van der Waals surface area contributed by atoms with Crippen molar-refractivity contribution in [1.82, 2.24) is 4.98 Å². The molecule has 0 aliphatic rings. The lowest BCUT2D eigenvalue weighted by atomic mass is 10.6. The number of hydrogen-bond acceptors (Lipinski definition) is 0. The normalized spacial score (nSPS) is 9.43. The van der Waals surface area contributed by atoms with Gasteiger partial charge in [0.1, 0.15) is 5.82 Å². The molecule has 0 radical (unpaired) electrons. The van der Waals surface area contributed by atoms with Gasteiger partial charge in [-0.2, -0.15) is 4.39 Å². The zero-order valence-electron chi connectivity index (χ0n) is 3.41. The first-order valence-electron chi connectivity index (χ1n) is 1.78. The predicted octanol–water partition coefficient (Wildman–Crippen LogP) is 1.29. The van der Waals surface area contributed by atoms with Gasteiger partial charge in [0.15, 0.2) is 5.95 Å². The lowest BCUT2D eigenvalue weighted by Crippen LogP contribution is -1.61. The summed E-state index contributed by atoms with van der Waals surface area (Å²) in [6.07, 6.45) is 0.954. The highest BCUT2D eigenvalue weighted by Crippen LogP contribution is 1.96. The third-order valence-electron chi connectivity index (χ3n) is 0.613. The Labute approximate surface area is 39.0 Å². The summed E-state index contributed by atoms with van der Waals surface area (Å²) in [6, 6.07) is 0.778. The maximum Gasteiger partial charge on any atom is 0.194 e. The molecule has 0 aromatic carbocycles. The van der Waals surface area contributed by atoms with Crippen LogP contribution in [0.15, 0.2) is 12.3 Å². The van der Waals surface area contributed by atoms with Crippen LogP contribution in [0.5, 0.6) is 0 Å². The fourth-order valence-electron chi connectivity index (χ4n) is 0.342. The first-order valence-corrected chi connectivity index (χ1v) is 1.78. The van der Waals surface area contributed by atoms with E-state index in [0.29, 0.717) is 0 Å². The van der Waals surface area contributed by atoms with Gasteiger partial charge in [0, 0.05) is 12.3 Å². The highest BCUT2D eigenvalue weighted by molar-refractivity contribution is 4.93. The Morgan fingerprint density at radius 1 is 1.43 bits per heavy atom. The molecule has 0 aliphatic heterocycles. The zero-order chi connectivity index (χ0) is 5.28. The van der Waals surface area contributed by atoms with E-state index in [1.54, 1.807) is 0 Å². The van der Waals surface area contributed by atoms with E-state index >= 15 is 0 Å². The van der Waals surface area contributed by atoms with Gasteiger partial charge in [-0.05, 0) is 0 Å². The molecule has 1 heterocycles. The van der Waals surface area contributed by atoms with Gasteiger partial charge in [0.25, 0.3) is 0 Å². The van der Waals surface area contributed by atoms with Crippen LogP contribution in [0.4, 0.5) is 8.78 Å². The lowest BCUT2D eigenvalue weighted by Gasteiger charge is -1.64. The van der Waals surface area contributed by atoms with Crippen molar-refractivity contribution < 1.29 is 8.78 Å². The first-order chi connectivity index (χ1) is 3.29. The van der Waals surface area contributed by atoms with E-state index in [-0.39, 0.29) is 0 Å². The Balaban J connectivity index is 3.04. The zero-order valence-corrected chi connectivity index (χ0v) is 3.41. The molecular formula is C4H3F2N. The molecule has 0 aliphatic carbocycles. The minimum Gasteiger partial charge on any atom is -0.336 e. The van der Waals surface area contributed by atoms with Crippen LogP contribution in [0.3, 0.4) is 0 Å². The molecule has 1 nitrogen and oxygen atoms in total. The molecule has 7 heavy (non-hydrogen) atoms. The van der Waals surface area contributed by atoms with Gasteiger partial charge in [0.2, 0.25) is 0 Å². The van der Waals surface area contributed by atoms with E-state index in [2.05, 4.69) is 0 Å². The molecule has 0 unspecified atom stereocenters. The fraction of sp³-hybridized carbons (Fsp3) is 0. The van der Waals surface area contributed by atoms with Gasteiger partial charge < -0.3 is 4.98 Å². The summed E-state index contributed by atoms with van der Waals surface area (Å²) in [5.74, 6) is -1.21. The van der Waals surface area contributed by atoms with Crippen molar-refractivity contribution >= 4 is 0 Å². The van der Waals surface area contributed by atoms with E-state index in [4.69, 9.17) is 0 Å². The summed E-state index contributed by atoms with van der Waals surface area (Å²) in [5, 5.41) is 0. The molecule has 0 bridgehead atoms. The number of aromatic nitrogens is 1. The molecule has 1 rings (SSSR count). The third-order valence-corrected chi connectivity index (χ3v) is 0.613. The molecule has 0 saturated carbocycles. The molecule has 1 N–H and O–H groups in total. The summed E-state index contributed by atoms with van der Waals surface area (Å²) in [7, 11) is 0. The van der Waals surface area contributed by atoms with Crippen LogP contribution < -0.4 is 0 Å². The van der Waals surface area contributed by atoms with E-state index in [1.165, 1.54) is 0 Å². The van der Waals surface area contributed by atoms with Gasteiger partial charge in [-0.3, -0.25) is 0 Å². The Hall–Kier alpha value is -0.860. The van der Waals surface area contributed by atoms with Crippen molar-refractivity contribution in [3.8, 4) is 0 Å². The quantitative estimate of drug-likeness (QED) is 0.509. The molecule has 0 amide bonds. The van der Waals surface area contributed by atoms with Crippen LogP contribution in [0.2, 0.25) is 0 Å². The largest absolute Gasteiger partial charge is 0.336 e. The van der Waals surface area contributed by atoms with Crippen molar-refractivity contribution in [3.63, 3.8) is 0 Å². The second kappa shape index (κ2) is 1.33. The summed E-state index contributed by atoms with van der Waals surface area (Å²) in [6.45, 7) is 0. The first kappa shape index (κ1) is 4.30. The molecule has 3 heteroatoms. The van der Waals surface area contributed by atoms with Crippen LogP contribution in [0.1, 0.15) is 0 Å². The molecular weight excluding hydrogens is 100 g/mol. The summed E-state index contributed by atoms with van der Waals surface area (Å²) in [4.78, 5) is 2.03. The molecule has 38 valence electrons. The standard InChI is InChI=1S/C4H3F2N/c5-3-1-4(6)7-2-3/h1-2,7H. The van der Waals surface area contributed by atoms with Crippen molar-refractivity contribution in [2.24, 2.45) is 0 Å². The van der Waals surface area contributed by atoms with Crippen LogP contribution in [0, 0.1) is 11.8 Å². The van der Waals surface area contributed by atoms with Crippen LogP contribution in [-0.2, 0) is 0 Å². The van der Waals surface area contributed by atoms with Gasteiger partial charge in [-0.1, -0.05) is 0 Å². The number of nitrogens with one attached hydrogen (secondary N) is 1. The monoisotopic (exact) mass is 103 g/mol. The number of hydrogen-bond donors (Lipinski definition) is 1. The Morgan fingerprint density at radius 3 is 2.29 bits per heavy atom. The third kappa shape index (κ3) is 0.765. The Kier molecular flexibility index (Phi) is 0.817. The molecule has 0 fully saturated rings. The topological polar surface area (TPSA) is 15.8 Å². The SMILES string of the molecule is Fc1c[nH]c(F)c1.